The second-order valence-corrected chi connectivity index (χ2v) is 5.67. The van der Waals surface area contributed by atoms with E-state index in [1.165, 1.54) is 0 Å². The zero-order chi connectivity index (χ0) is 14.3. The molecule has 0 aliphatic carbocycles. The van der Waals surface area contributed by atoms with Gasteiger partial charge in [0.2, 0.25) is 0 Å². The van der Waals surface area contributed by atoms with Crippen LogP contribution in [0.4, 0.5) is 0 Å². The quantitative estimate of drug-likeness (QED) is 0.873. The van der Waals surface area contributed by atoms with Crippen LogP contribution in [0.15, 0.2) is 24.4 Å². The van der Waals surface area contributed by atoms with Crippen LogP contribution in [0.2, 0.25) is 5.15 Å². The molecule has 1 fully saturated rings. The van der Waals surface area contributed by atoms with Gasteiger partial charge in [0, 0.05) is 24.8 Å². The van der Waals surface area contributed by atoms with Crippen molar-refractivity contribution in [3.05, 3.63) is 35.2 Å². The van der Waals surface area contributed by atoms with Crippen LogP contribution < -0.4 is 5.73 Å². The minimum absolute atomic E-state index is 0.0758. The van der Waals surface area contributed by atoms with Gasteiger partial charge < -0.3 is 10.6 Å². The third kappa shape index (κ3) is 2.17. The number of halogens is 1. The lowest BCUT2D eigenvalue weighted by molar-refractivity contribution is 0.0612. The summed E-state index contributed by atoms with van der Waals surface area (Å²) in [7, 11) is 0. The average Bonchev–Trinajstić information content (AvgIpc) is 2.73. The van der Waals surface area contributed by atoms with Gasteiger partial charge in [0.05, 0.1) is 0 Å². The molecule has 0 aromatic carbocycles. The number of nitrogens with zero attached hydrogens (tertiary/aromatic N) is 3. The molecule has 1 aliphatic rings. The highest BCUT2D eigenvalue weighted by atomic mass is 35.5. The molecule has 2 aromatic rings. The maximum atomic E-state index is 12.8. The first kappa shape index (κ1) is 13.4. The average molecular weight is 293 g/mol. The number of likely N-dealkylation sites (tertiary alicyclic amines) is 1. The Labute approximate surface area is 122 Å². The Balaban J connectivity index is 1.98. The molecule has 5 nitrogen and oxygen atoms in total. The monoisotopic (exact) mass is 292 g/mol. The fourth-order valence-corrected chi connectivity index (χ4v) is 3.06. The molecule has 0 spiro atoms. The van der Waals surface area contributed by atoms with Crippen LogP contribution in [0.25, 0.3) is 5.65 Å². The smallest absolute Gasteiger partial charge is 0.274 e. The number of pyridine rings is 1. The third-order valence-electron chi connectivity index (χ3n) is 3.87. The van der Waals surface area contributed by atoms with Crippen LogP contribution in [0, 0.1) is 0 Å². The Hall–Kier alpha value is -1.59. The summed E-state index contributed by atoms with van der Waals surface area (Å²) in [4.78, 5) is 18.8. The van der Waals surface area contributed by atoms with Gasteiger partial charge in [-0.05, 0) is 31.9 Å². The second kappa shape index (κ2) is 5.07. The van der Waals surface area contributed by atoms with E-state index in [1.807, 2.05) is 36.2 Å². The molecule has 3 rings (SSSR count). The number of aromatic nitrogens is 2. The molecule has 2 atom stereocenters. The largest absolute Gasteiger partial charge is 0.334 e. The van der Waals surface area contributed by atoms with Gasteiger partial charge in [-0.25, -0.2) is 4.98 Å². The van der Waals surface area contributed by atoms with Crippen molar-refractivity contribution < 1.29 is 4.79 Å². The molecule has 106 valence electrons. The number of imidazole rings is 1. The first-order chi connectivity index (χ1) is 9.58. The molecule has 0 unspecified atom stereocenters. The molecule has 1 saturated heterocycles. The summed E-state index contributed by atoms with van der Waals surface area (Å²) in [6.45, 7) is 2.69. The topological polar surface area (TPSA) is 63.6 Å². The molecule has 0 bridgehead atoms. The number of nitrogens with two attached hydrogens (primary N) is 1. The highest BCUT2D eigenvalue weighted by Crippen LogP contribution is 2.23. The summed E-state index contributed by atoms with van der Waals surface area (Å²) in [5.74, 6) is -0.0758. The van der Waals surface area contributed by atoms with Gasteiger partial charge in [0.15, 0.2) is 10.8 Å². The number of fused-ring (bicyclic) bond motifs is 1. The molecule has 2 aromatic heterocycles. The first-order valence-corrected chi connectivity index (χ1v) is 7.15. The van der Waals surface area contributed by atoms with E-state index in [4.69, 9.17) is 17.3 Å². The molecule has 0 radical (unpaired) electrons. The number of carbonyl (C=O) groups is 1. The van der Waals surface area contributed by atoms with E-state index in [2.05, 4.69) is 4.98 Å². The molecule has 1 aliphatic heterocycles. The van der Waals surface area contributed by atoms with Crippen LogP contribution in [-0.4, -0.2) is 38.8 Å². The number of rotatable bonds is 1. The van der Waals surface area contributed by atoms with Crippen LogP contribution in [0.3, 0.4) is 0 Å². The van der Waals surface area contributed by atoms with Crippen LogP contribution >= 0.6 is 11.6 Å². The van der Waals surface area contributed by atoms with E-state index in [1.54, 1.807) is 4.40 Å². The van der Waals surface area contributed by atoms with Crippen molar-refractivity contribution in [1.29, 1.82) is 0 Å². The maximum absolute atomic E-state index is 12.8. The van der Waals surface area contributed by atoms with Gasteiger partial charge in [-0.2, -0.15) is 0 Å². The third-order valence-corrected chi connectivity index (χ3v) is 4.13. The van der Waals surface area contributed by atoms with Crippen molar-refractivity contribution in [1.82, 2.24) is 14.3 Å². The van der Waals surface area contributed by atoms with Gasteiger partial charge in [-0.1, -0.05) is 17.7 Å². The van der Waals surface area contributed by atoms with Crippen molar-refractivity contribution >= 4 is 23.2 Å². The maximum Gasteiger partial charge on any atom is 0.274 e. The normalized spacial score (nSPS) is 23.2. The summed E-state index contributed by atoms with van der Waals surface area (Å²) in [6.07, 6.45) is 3.45. The minimum atomic E-state index is -0.0758. The highest BCUT2D eigenvalue weighted by Gasteiger charge is 2.30. The van der Waals surface area contributed by atoms with Crippen molar-refractivity contribution in [3.63, 3.8) is 0 Å². The molecule has 6 heteroatoms. The van der Waals surface area contributed by atoms with Crippen LogP contribution in [0.5, 0.6) is 0 Å². The number of hydrogen-bond donors (Lipinski definition) is 1. The van der Waals surface area contributed by atoms with Gasteiger partial charge in [0.25, 0.3) is 5.91 Å². The molecule has 2 N–H and O–H groups in total. The van der Waals surface area contributed by atoms with Crippen molar-refractivity contribution in [2.75, 3.05) is 6.54 Å². The number of piperidine rings is 1. The highest BCUT2D eigenvalue weighted by molar-refractivity contribution is 6.32. The van der Waals surface area contributed by atoms with Gasteiger partial charge in [-0.15, -0.1) is 0 Å². The number of hydrogen-bond acceptors (Lipinski definition) is 3. The lowest BCUT2D eigenvalue weighted by Gasteiger charge is -2.36. The molecule has 3 heterocycles. The summed E-state index contributed by atoms with van der Waals surface area (Å²) < 4.78 is 1.74. The lowest BCUT2D eigenvalue weighted by atomic mass is 9.99. The summed E-state index contributed by atoms with van der Waals surface area (Å²) >= 11 is 6.15. The fraction of sp³-hybridized carbons (Fsp3) is 0.429. The minimum Gasteiger partial charge on any atom is -0.334 e. The zero-order valence-corrected chi connectivity index (χ0v) is 12.0. The Kier molecular flexibility index (Phi) is 3.40. The molecule has 1 amide bonds. The Bertz CT molecular complexity index is 654. The van der Waals surface area contributed by atoms with E-state index in [9.17, 15) is 4.79 Å². The zero-order valence-electron chi connectivity index (χ0n) is 11.3. The van der Waals surface area contributed by atoms with Crippen molar-refractivity contribution in [2.24, 2.45) is 5.73 Å². The lowest BCUT2D eigenvalue weighted by Crippen LogP contribution is -2.48. The molecule has 20 heavy (non-hydrogen) atoms. The standard InChI is InChI=1S/C14H17ClN4O/c1-9-8-10(16)5-7-18(9)14(20)12-13(15)17-11-4-2-3-6-19(11)12/h2-4,6,9-10H,5,7-8,16H2,1H3/t9-,10+/m1/s1. The first-order valence-electron chi connectivity index (χ1n) is 6.77. The fourth-order valence-electron chi connectivity index (χ4n) is 2.80. The number of carbonyl (C=O) groups excluding carboxylic acids is 1. The van der Waals surface area contributed by atoms with Gasteiger partial charge in [0.1, 0.15) is 5.65 Å². The Morgan fingerprint density at radius 1 is 1.50 bits per heavy atom. The Morgan fingerprint density at radius 3 is 3.05 bits per heavy atom. The van der Waals surface area contributed by atoms with Crippen molar-refractivity contribution in [2.45, 2.75) is 31.8 Å². The summed E-state index contributed by atoms with van der Waals surface area (Å²) in [6, 6.07) is 5.86. The van der Waals surface area contributed by atoms with E-state index in [0.29, 0.717) is 17.9 Å². The van der Waals surface area contributed by atoms with Crippen LogP contribution in [0.1, 0.15) is 30.3 Å². The van der Waals surface area contributed by atoms with Gasteiger partial charge in [-0.3, -0.25) is 9.20 Å². The SMILES string of the molecule is C[C@@H]1C[C@@H](N)CCN1C(=O)c1c(Cl)nc2ccccn12. The van der Waals surface area contributed by atoms with E-state index in [0.717, 1.165) is 12.8 Å². The van der Waals surface area contributed by atoms with E-state index >= 15 is 0 Å². The number of amides is 1. The van der Waals surface area contributed by atoms with Crippen molar-refractivity contribution in [3.8, 4) is 0 Å². The Morgan fingerprint density at radius 2 is 2.30 bits per heavy atom. The molecular weight excluding hydrogens is 276 g/mol. The van der Waals surface area contributed by atoms with Gasteiger partial charge >= 0.3 is 0 Å². The van der Waals surface area contributed by atoms with Crippen LogP contribution in [-0.2, 0) is 0 Å². The second-order valence-electron chi connectivity index (χ2n) is 5.31. The molecular formula is C14H17ClN4O. The van der Waals surface area contributed by atoms with E-state index in [-0.39, 0.29) is 23.1 Å². The summed E-state index contributed by atoms with van der Waals surface area (Å²) in [5.41, 5.74) is 7.06. The predicted molar refractivity (Wildman–Crippen MR) is 77.9 cm³/mol. The van der Waals surface area contributed by atoms with E-state index < -0.39 is 0 Å². The summed E-state index contributed by atoms with van der Waals surface area (Å²) in [5, 5.41) is 0.253. The predicted octanol–water partition coefficient (Wildman–Crippen LogP) is 1.94. The molecule has 0 saturated carbocycles.